The van der Waals surface area contributed by atoms with Gasteiger partial charge in [0.15, 0.2) is 0 Å². The van der Waals surface area contributed by atoms with Crippen LogP contribution in [0.15, 0.2) is 73.8 Å². The molecule has 4 nitrogen and oxygen atoms in total. The molecule has 0 bridgehead atoms. The lowest BCUT2D eigenvalue weighted by Gasteiger charge is -2.37. The number of carbonyl (C=O) groups is 1. The van der Waals surface area contributed by atoms with Crippen molar-refractivity contribution in [3.63, 3.8) is 0 Å². The summed E-state index contributed by atoms with van der Waals surface area (Å²) in [6.45, 7) is 15.4. The molecule has 4 heteroatoms. The van der Waals surface area contributed by atoms with Crippen molar-refractivity contribution in [3.8, 4) is 0 Å². The van der Waals surface area contributed by atoms with E-state index in [9.17, 15) is 4.79 Å². The maximum absolute atomic E-state index is 11.9. The molecular formula is C27H34N2O2. The summed E-state index contributed by atoms with van der Waals surface area (Å²) in [7, 11) is 0. The van der Waals surface area contributed by atoms with Crippen LogP contribution in [0.1, 0.15) is 48.1 Å². The van der Waals surface area contributed by atoms with E-state index in [-0.39, 0.29) is 12.0 Å². The minimum absolute atomic E-state index is 0.0605. The van der Waals surface area contributed by atoms with Crippen molar-refractivity contribution < 1.29 is 9.53 Å². The minimum Gasteiger partial charge on any atom is -0.371 e. The van der Waals surface area contributed by atoms with Crippen LogP contribution in [0, 0.1) is 13.8 Å². The standard InChI is InChI=1S/C27H34N2O2/c1-6-26(14-13-25(30)29-26)18-28-27(7-2,24-11-9-8-10-12-24)19-31-22(5)23-16-20(3)15-21(4)17-23/h6-12,15-17,22,28H,1-2,13-14,18-19H2,3-5H3,(H,29,30)/t22-,26+,27-/m1/s1. The average Bonchev–Trinajstić information content (AvgIpc) is 3.15. The van der Waals surface area contributed by atoms with Crippen molar-refractivity contribution in [1.29, 1.82) is 0 Å². The van der Waals surface area contributed by atoms with E-state index < -0.39 is 11.1 Å². The zero-order chi connectivity index (χ0) is 22.5. The van der Waals surface area contributed by atoms with E-state index in [2.05, 4.69) is 74.9 Å². The quantitative estimate of drug-likeness (QED) is 0.540. The van der Waals surface area contributed by atoms with Crippen LogP contribution in [0.3, 0.4) is 0 Å². The maximum atomic E-state index is 11.9. The first-order valence-corrected chi connectivity index (χ1v) is 10.9. The van der Waals surface area contributed by atoms with Gasteiger partial charge in [-0.15, -0.1) is 13.2 Å². The van der Waals surface area contributed by atoms with E-state index in [1.54, 1.807) is 0 Å². The van der Waals surface area contributed by atoms with E-state index in [1.165, 1.54) is 11.1 Å². The Hall–Kier alpha value is -2.69. The summed E-state index contributed by atoms with van der Waals surface area (Å²) in [6.07, 6.45) is 4.92. The molecule has 0 unspecified atom stereocenters. The average molecular weight is 419 g/mol. The van der Waals surface area contributed by atoms with Gasteiger partial charge in [0.25, 0.3) is 0 Å². The third-order valence-corrected chi connectivity index (χ3v) is 6.21. The van der Waals surface area contributed by atoms with E-state index in [0.29, 0.717) is 19.6 Å². The highest BCUT2D eigenvalue weighted by Gasteiger charge is 2.38. The lowest BCUT2D eigenvalue weighted by molar-refractivity contribution is -0.119. The predicted molar refractivity (Wildman–Crippen MR) is 127 cm³/mol. The number of rotatable bonds is 10. The van der Waals surface area contributed by atoms with Gasteiger partial charge in [0.2, 0.25) is 5.91 Å². The molecule has 1 fully saturated rings. The molecule has 3 atom stereocenters. The minimum atomic E-state index is -0.599. The molecule has 3 rings (SSSR count). The first-order valence-electron chi connectivity index (χ1n) is 10.9. The highest BCUT2D eigenvalue weighted by molar-refractivity contribution is 5.80. The number of amides is 1. The van der Waals surface area contributed by atoms with E-state index in [1.807, 2.05) is 30.4 Å². The maximum Gasteiger partial charge on any atom is 0.220 e. The van der Waals surface area contributed by atoms with Crippen molar-refractivity contribution in [2.24, 2.45) is 0 Å². The Morgan fingerprint density at radius 2 is 1.87 bits per heavy atom. The third kappa shape index (κ3) is 5.33. The van der Waals surface area contributed by atoms with Crippen LogP contribution >= 0.6 is 0 Å². The number of hydrogen-bond acceptors (Lipinski definition) is 3. The number of ether oxygens (including phenoxy) is 1. The van der Waals surface area contributed by atoms with Crippen molar-refractivity contribution in [2.75, 3.05) is 13.2 Å². The lowest BCUT2D eigenvalue weighted by Crippen LogP contribution is -2.55. The Bertz CT molecular complexity index is 919. The predicted octanol–water partition coefficient (Wildman–Crippen LogP) is 4.89. The molecule has 1 aliphatic rings. The normalized spacial score (nSPS) is 21.2. The summed E-state index contributed by atoms with van der Waals surface area (Å²) < 4.78 is 6.40. The van der Waals surface area contributed by atoms with Crippen LogP contribution in [-0.4, -0.2) is 24.6 Å². The van der Waals surface area contributed by atoms with Gasteiger partial charge in [0.1, 0.15) is 0 Å². The second-order valence-electron chi connectivity index (χ2n) is 8.68. The van der Waals surface area contributed by atoms with Crippen LogP contribution in [0.4, 0.5) is 0 Å². The molecule has 0 spiro atoms. The van der Waals surface area contributed by atoms with Crippen molar-refractivity contribution in [2.45, 2.75) is 50.8 Å². The van der Waals surface area contributed by atoms with Crippen molar-refractivity contribution in [1.82, 2.24) is 10.6 Å². The van der Waals surface area contributed by atoms with Gasteiger partial charge in [-0.2, -0.15) is 0 Å². The van der Waals surface area contributed by atoms with Crippen LogP contribution in [0.2, 0.25) is 0 Å². The molecule has 0 radical (unpaired) electrons. The summed E-state index contributed by atoms with van der Waals surface area (Å²) in [5.41, 5.74) is 3.63. The second kappa shape index (κ2) is 9.63. The molecule has 2 N–H and O–H groups in total. The molecule has 164 valence electrons. The zero-order valence-corrected chi connectivity index (χ0v) is 18.9. The van der Waals surface area contributed by atoms with Crippen LogP contribution in [-0.2, 0) is 15.1 Å². The zero-order valence-electron chi connectivity index (χ0n) is 18.9. The highest BCUT2D eigenvalue weighted by atomic mass is 16.5. The SMILES string of the molecule is C=C[C@@]1(CN[C@](C=C)(CO[C@H](C)c2cc(C)cc(C)c2)c2ccccc2)CCC(=O)N1. The Labute approximate surface area is 186 Å². The molecule has 31 heavy (non-hydrogen) atoms. The number of nitrogens with one attached hydrogen (secondary N) is 2. The van der Waals surface area contributed by atoms with Crippen molar-refractivity contribution in [3.05, 3.63) is 96.1 Å². The van der Waals surface area contributed by atoms with E-state index in [0.717, 1.165) is 17.5 Å². The van der Waals surface area contributed by atoms with Crippen LogP contribution in [0.25, 0.3) is 0 Å². The fourth-order valence-corrected chi connectivity index (χ4v) is 4.23. The van der Waals surface area contributed by atoms with Gasteiger partial charge in [0, 0.05) is 13.0 Å². The summed E-state index contributed by atoms with van der Waals surface area (Å²) in [5.74, 6) is 0.0605. The van der Waals surface area contributed by atoms with Gasteiger partial charge < -0.3 is 10.1 Å². The molecule has 2 aromatic carbocycles. The monoisotopic (exact) mass is 418 g/mol. The smallest absolute Gasteiger partial charge is 0.220 e. The molecule has 1 heterocycles. The summed E-state index contributed by atoms with van der Waals surface area (Å²) in [4.78, 5) is 11.9. The fraction of sp³-hybridized carbons (Fsp3) is 0.370. The molecule has 1 amide bonds. The van der Waals surface area contributed by atoms with Gasteiger partial charge in [0.05, 0.1) is 23.8 Å². The molecule has 0 saturated carbocycles. The number of aryl methyl sites for hydroxylation is 2. The van der Waals surface area contributed by atoms with Crippen LogP contribution < -0.4 is 10.6 Å². The Morgan fingerprint density at radius 3 is 2.42 bits per heavy atom. The third-order valence-electron chi connectivity index (χ3n) is 6.21. The second-order valence-corrected chi connectivity index (χ2v) is 8.68. The number of benzene rings is 2. The number of hydrogen-bond donors (Lipinski definition) is 2. The summed E-state index contributed by atoms with van der Waals surface area (Å²) >= 11 is 0. The first kappa shape index (κ1) is 23.0. The van der Waals surface area contributed by atoms with Gasteiger partial charge in [-0.25, -0.2) is 0 Å². The topological polar surface area (TPSA) is 50.4 Å². The lowest BCUT2D eigenvalue weighted by atomic mass is 9.88. The van der Waals surface area contributed by atoms with E-state index >= 15 is 0 Å². The van der Waals surface area contributed by atoms with Gasteiger partial charge >= 0.3 is 0 Å². The van der Waals surface area contributed by atoms with Gasteiger partial charge in [-0.3, -0.25) is 10.1 Å². The number of carbonyl (C=O) groups excluding carboxylic acids is 1. The largest absolute Gasteiger partial charge is 0.371 e. The van der Waals surface area contributed by atoms with E-state index in [4.69, 9.17) is 4.74 Å². The molecule has 2 aromatic rings. The van der Waals surface area contributed by atoms with Crippen LogP contribution in [0.5, 0.6) is 0 Å². The summed E-state index contributed by atoms with van der Waals surface area (Å²) in [5, 5.41) is 6.73. The summed E-state index contributed by atoms with van der Waals surface area (Å²) in [6, 6.07) is 16.7. The molecule has 0 aromatic heterocycles. The first-order chi connectivity index (χ1) is 14.8. The van der Waals surface area contributed by atoms with Gasteiger partial charge in [-0.1, -0.05) is 71.8 Å². The Kier molecular flexibility index (Phi) is 7.14. The Balaban J connectivity index is 1.83. The molecule has 1 aliphatic heterocycles. The highest BCUT2D eigenvalue weighted by Crippen LogP contribution is 2.29. The molecular weight excluding hydrogens is 384 g/mol. The van der Waals surface area contributed by atoms with Crippen molar-refractivity contribution >= 4 is 5.91 Å². The molecule has 0 aliphatic carbocycles. The Morgan fingerprint density at radius 1 is 1.19 bits per heavy atom. The molecule has 1 saturated heterocycles. The fourth-order valence-electron chi connectivity index (χ4n) is 4.23. The van der Waals surface area contributed by atoms with Gasteiger partial charge in [-0.05, 0) is 38.3 Å².